The summed E-state index contributed by atoms with van der Waals surface area (Å²) < 4.78 is 1.88. The first-order valence-electron chi connectivity index (χ1n) is 9.20. The molecule has 2 aliphatic heterocycles. The van der Waals surface area contributed by atoms with Crippen molar-refractivity contribution in [2.24, 2.45) is 0 Å². The molecule has 0 spiro atoms. The van der Waals surface area contributed by atoms with Crippen LogP contribution >= 0.6 is 11.8 Å². The number of hydrogen-bond donors (Lipinski definition) is 2. The first kappa shape index (κ1) is 19.2. The maximum atomic E-state index is 12.5. The van der Waals surface area contributed by atoms with Crippen LogP contribution in [0.25, 0.3) is 0 Å². The third-order valence-electron chi connectivity index (χ3n) is 4.89. The number of hydrogen-bond acceptors (Lipinski definition) is 4. The van der Waals surface area contributed by atoms with Crippen LogP contribution in [0.15, 0.2) is 66.6 Å². The maximum absolute atomic E-state index is 12.5. The molecular weight excluding hydrogens is 390 g/mol. The Balaban J connectivity index is 1.34. The largest absolute Gasteiger partial charge is 0.478 e. The second-order valence-electron chi connectivity index (χ2n) is 7.01. The van der Waals surface area contributed by atoms with E-state index in [1.807, 2.05) is 41.1 Å². The van der Waals surface area contributed by atoms with E-state index < -0.39 is 12.0 Å². The number of carbonyl (C=O) groups is 3. The van der Waals surface area contributed by atoms with Crippen molar-refractivity contribution in [3.63, 3.8) is 0 Å². The number of carboxylic acid groups (broad SMARTS) is 1. The van der Waals surface area contributed by atoms with Gasteiger partial charge < -0.3 is 15.3 Å². The van der Waals surface area contributed by atoms with Crippen LogP contribution in [-0.2, 0) is 22.6 Å². The van der Waals surface area contributed by atoms with Crippen LogP contribution in [0, 0.1) is 0 Å². The zero-order chi connectivity index (χ0) is 20.4. The number of fused-ring (bicyclic) bond motifs is 1. The molecule has 1 fully saturated rings. The van der Waals surface area contributed by atoms with Crippen LogP contribution in [0.1, 0.15) is 15.9 Å². The third-order valence-corrected chi connectivity index (χ3v) is 6.27. The van der Waals surface area contributed by atoms with Crippen molar-refractivity contribution in [1.82, 2.24) is 10.2 Å². The van der Waals surface area contributed by atoms with Crippen LogP contribution in [-0.4, -0.2) is 45.0 Å². The Labute approximate surface area is 172 Å². The molecular formula is C21H20N3O4S+. The van der Waals surface area contributed by atoms with Gasteiger partial charge in [0, 0.05) is 29.7 Å². The van der Waals surface area contributed by atoms with Crippen molar-refractivity contribution in [3.05, 3.63) is 77.8 Å². The van der Waals surface area contributed by atoms with Crippen molar-refractivity contribution in [3.8, 4) is 0 Å². The van der Waals surface area contributed by atoms with Crippen molar-refractivity contribution in [1.29, 1.82) is 0 Å². The van der Waals surface area contributed by atoms with Gasteiger partial charge in [-0.25, -0.2) is 9.36 Å². The zero-order valence-electron chi connectivity index (χ0n) is 15.5. The van der Waals surface area contributed by atoms with E-state index in [0.29, 0.717) is 6.54 Å². The van der Waals surface area contributed by atoms with Crippen molar-refractivity contribution < 1.29 is 24.1 Å². The van der Waals surface area contributed by atoms with E-state index in [-0.39, 0.29) is 29.2 Å². The summed E-state index contributed by atoms with van der Waals surface area (Å²) in [6, 6.07) is 12.1. The Morgan fingerprint density at radius 3 is 2.59 bits per heavy atom. The van der Waals surface area contributed by atoms with Gasteiger partial charge in [0.15, 0.2) is 18.9 Å². The highest BCUT2D eigenvalue weighted by Gasteiger charge is 2.49. The number of β-lactam (4-membered cyclic amide) rings is 1. The van der Waals surface area contributed by atoms with Gasteiger partial charge in [0.05, 0.1) is 12.0 Å². The average molecular weight is 410 g/mol. The van der Waals surface area contributed by atoms with Crippen molar-refractivity contribution in [2.45, 2.75) is 24.4 Å². The second kappa shape index (κ2) is 8.08. The molecule has 3 heterocycles. The van der Waals surface area contributed by atoms with E-state index in [2.05, 4.69) is 5.32 Å². The zero-order valence-corrected chi connectivity index (χ0v) is 16.3. The highest BCUT2D eigenvalue weighted by Crippen LogP contribution is 2.36. The van der Waals surface area contributed by atoms with Gasteiger partial charge in [-0.05, 0) is 5.56 Å². The topological polar surface area (TPSA) is 90.6 Å². The van der Waals surface area contributed by atoms with E-state index in [9.17, 15) is 14.4 Å². The van der Waals surface area contributed by atoms with Gasteiger partial charge in [-0.15, -0.1) is 11.8 Å². The number of nitrogens with one attached hydrogen (secondary N) is 1. The monoisotopic (exact) mass is 410 g/mol. The molecule has 1 aromatic carbocycles. The minimum Gasteiger partial charge on any atom is -0.478 e. The minimum absolute atomic E-state index is 0.0784. The molecule has 1 saturated heterocycles. The van der Waals surface area contributed by atoms with Crippen LogP contribution in [0.5, 0.6) is 0 Å². The lowest BCUT2D eigenvalue weighted by Crippen LogP contribution is -2.68. The molecule has 0 unspecified atom stereocenters. The summed E-state index contributed by atoms with van der Waals surface area (Å²) in [4.78, 5) is 37.4. The first-order chi connectivity index (χ1) is 14.0. The molecule has 1 aromatic heterocycles. The van der Waals surface area contributed by atoms with E-state index in [4.69, 9.17) is 5.11 Å². The van der Waals surface area contributed by atoms with E-state index in [0.717, 1.165) is 16.9 Å². The second-order valence-corrected chi connectivity index (χ2v) is 8.11. The summed E-state index contributed by atoms with van der Waals surface area (Å²) in [6.45, 7) is 0.578. The fourth-order valence-electron chi connectivity index (χ4n) is 3.39. The SMILES string of the molecule is O=C(Cc1ccccc1)N[C@@H]1C(=O)N2C=C(C[n+]3ccc(C(=O)O)cc3)CS[C@H]12. The fraction of sp³-hybridized carbons (Fsp3) is 0.238. The summed E-state index contributed by atoms with van der Waals surface area (Å²) in [5.74, 6) is -0.474. The molecule has 2 amide bonds. The number of pyridine rings is 1. The number of carbonyl (C=O) groups excluding carboxylic acids is 2. The normalized spacial score (nSPS) is 20.3. The number of amides is 2. The molecule has 2 aromatic rings. The van der Waals surface area contributed by atoms with Gasteiger partial charge >= 0.3 is 5.97 Å². The molecule has 148 valence electrons. The van der Waals surface area contributed by atoms with Crippen molar-refractivity contribution >= 4 is 29.5 Å². The highest BCUT2D eigenvalue weighted by atomic mass is 32.2. The standard InChI is InChI=1S/C21H19N3O4S/c25-17(10-14-4-2-1-3-5-14)22-18-19(26)24-12-15(13-29-20(18)24)11-23-8-6-16(7-9-23)21(27)28/h1-9,12,18,20H,10-11,13H2,(H-,22,25,27,28)/p+1/t18-,20-/m1/s1. The maximum Gasteiger partial charge on any atom is 0.336 e. The molecule has 8 heteroatoms. The van der Waals surface area contributed by atoms with Gasteiger partial charge in [0.25, 0.3) is 5.91 Å². The van der Waals surface area contributed by atoms with Crippen LogP contribution < -0.4 is 9.88 Å². The van der Waals surface area contributed by atoms with Crippen LogP contribution in [0.3, 0.4) is 0 Å². The molecule has 2 N–H and O–H groups in total. The predicted molar refractivity (Wildman–Crippen MR) is 107 cm³/mol. The van der Waals surface area contributed by atoms with E-state index in [1.165, 1.54) is 0 Å². The van der Waals surface area contributed by atoms with Gasteiger partial charge in [0.2, 0.25) is 5.91 Å². The first-order valence-corrected chi connectivity index (χ1v) is 10.3. The summed E-state index contributed by atoms with van der Waals surface area (Å²) in [5, 5.41) is 11.7. The Morgan fingerprint density at radius 2 is 1.90 bits per heavy atom. The molecule has 0 saturated carbocycles. The fourth-order valence-corrected chi connectivity index (χ4v) is 4.64. The summed E-state index contributed by atoms with van der Waals surface area (Å²) in [7, 11) is 0. The number of aromatic nitrogens is 1. The molecule has 2 aliphatic rings. The van der Waals surface area contributed by atoms with Crippen LogP contribution in [0.4, 0.5) is 0 Å². The lowest BCUT2D eigenvalue weighted by Gasteiger charge is -2.47. The molecule has 4 rings (SSSR count). The van der Waals surface area contributed by atoms with Gasteiger partial charge in [-0.2, -0.15) is 0 Å². The number of nitrogens with zero attached hydrogens (tertiary/aromatic N) is 2. The third kappa shape index (κ3) is 4.17. The van der Waals surface area contributed by atoms with Gasteiger partial charge in [0.1, 0.15) is 11.4 Å². The smallest absolute Gasteiger partial charge is 0.336 e. The Bertz CT molecular complexity index is 975. The molecule has 0 bridgehead atoms. The number of benzene rings is 1. The quantitative estimate of drug-likeness (QED) is 0.552. The number of rotatable bonds is 6. The van der Waals surface area contributed by atoms with Gasteiger partial charge in [-0.1, -0.05) is 30.3 Å². The Hall–Kier alpha value is -3.13. The molecule has 0 aliphatic carbocycles. The van der Waals surface area contributed by atoms with Crippen LogP contribution in [0.2, 0.25) is 0 Å². The Morgan fingerprint density at radius 1 is 1.17 bits per heavy atom. The summed E-state index contributed by atoms with van der Waals surface area (Å²) in [6.07, 6.45) is 5.53. The molecule has 0 radical (unpaired) electrons. The number of carboxylic acids is 1. The number of thioether (sulfide) groups is 1. The molecule has 2 atom stereocenters. The number of aromatic carboxylic acids is 1. The van der Waals surface area contributed by atoms with Crippen molar-refractivity contribution in [2.75, 3.05) is 5.75 Å². The van der Waals surface area contributed by atoms with E-state index in [1.54, 1.807) is 41.2 Å². The average Bonchev–Trinajstić information content (AvgIpc) is 2.73. The predicted octanol–water partition coefficient (Wildman–Crippen LogP) is 1.20. The lowest BCUT2D eigenvalue weighted by atomic mass is 10.1. The van der Waals surface area contributed by atoms with Gasteiger partial charge in [-0.3, -0.25) is 9.59 Å². The summed E-state index contributed by atoms with van der Waals surface area (Å²) in [5.41, 5.74) is 2.21. The Kier molecular flexibility index (Phi) is 5.35. The lowest BCUT2D eigenvalue weighted by molar-refractivity contribution is -0.689. The molecule has 7 nitrogen and oxygen atoms in total. The summed E-state index contributed by atoms with van der Waals surface area (Å²) >= 11 is 1.62. The minimum atomic E-state index is -0.959. The highest BCUT2D eigenvalue weighted by molar-refractivity contribution is 8.00. The van der Waals surface area contributed by atoms with E-state index >= 15 is 0 Å². The molecule has 29 heavy (non-hydrogen) atoms.